The van der Waals surface area contributed by atoms with Crippen LogP contribution in [-0.2, 0) is 6.42 Å². The molecule has 0 bridgehead atoms. The van der Waals surface area contributed by atoms with Crippen LogP contribution in [-0.4, -0.2) is 4.98 Å². The summed E-state index contributed by atoms with van der Waals surface area (Å²) >= 11 is 11.6. The lowest BCUT2D eigenvalue weighted by molar-refractivity contribution is 0.936. The van der Waals surface area contributed by atoms with Crippen LogP contribution in [0.2, 0.25) is 5.02 Å². The molecule has 0 radical (unpaired) electrons. The van der Waals surface area contributed by atoms with E-state index < -0.39 is 0 Å². The first-order valence-electron chi connectivity index (χ1n) is 6.38. The highest BCUT2D eigenvalue weighted by Gasteiger charge is 2.12. The van der Waals surface area contributed by atoms with Gasteiger partial charge in [0.05, 0.1) is 15.2 Å². The van der Waals surface area contributed by atoms with Gasteiger partial charge in [-0.15, -0.1) is 11.3 Å². The van der Waals surface area contributed by atoms with Gasteiger partial charge in [-0.05, 0) is 36.2 Å². The summed E-state index contributed by atoms with van der Waals surface area (Å²) in [4.78, 5) is 4.94. The minimum atomic E-state index is 0.263. The molecule has 0 N–H and O–H groups in total. The van der Waals surface area contributed by atoms with Gasteiger partial charge in [-0.1, -0.05) is 51.8 Å². The second-order valence-corrected chi connectivity index (χ2v) is 7.38. The van der Waals surface area contributed by atoms with E-state index in [9.17, 15) is 0 Å². The van der Waals surface area contributed by atoms with Gasteiger partial charge >= 0.3 is 0 Å². The van der Waals surface area contributed by atoms with Gasteiger partial charge in [0.2, 0.25) is 0 Å². The van der Waals surface area contributed by atoms with E-state index in [0.717, 1.165) is 27.5 Å². The van der Waals surface area contributed by atoms with Crippen LogP contribution in [0.3, 0.4) is 0 Å². The fourth-order valence-electron chi connectivity index (χ4n) is 2.14. The number of halogens is 2. The van der Waals surface area contributed by atoms with Crippen molar-refractivity contribution in [2.24, 2.45) is 0 Å². The smallest absolute Gasteiger partial charge is 0.0953 e. The topological polar surface area (TPSA) is 12.9 Å². The number of para-hydroxylation sites is 1. The van der Waals surface area contributed by atoms with Crippen molar-refractivity contribution in [3.63, 3.8) is 0 Å². The van der Waals surface area contributed by atoms with Crippen LogP contribution < -0.4 is 0 Å². The van der Waals surface area contributed by atoms with Crippen LogP contribution in [0.5, 0.6) is 0 Å². The number of thiazole rings is 1. The number of nitrogens with zero attached hydrogens (tertiary/aromatic N) is 1. The maximum Gasteiger partial charge on any atom is 0.0953 e. The van der Waals surface area contributed by atoms with E-state index in [1.54, 1.807) is 11.3 Å². The maximum absolute atomic E-state index is 6.07. The Morgan fingerprint density at radius 3 is 2.80 bits per heavy atom. The predicted molar refractivity (Wildman–Crippen MR) is 91.2 cm³/mol. The number of aryl methyl sites for hydroxylation is 1. The van der Waals surface area contributed by atoms with Gasteiger partial charge < -0.3 is 0 Å². The summed E-state index contributed by atoms with van der Waals surface area (Å²) in [5.41, 5.74) is 3.43. The third kappa shape index (κ3) is 2.90. The standard InChI is InChI=1S/C16H13BrClNS/c1-10-8-11(6-7-13(10)18)12(17)9-16-19-14-4-2-3-5-15(14)20-16/h2-8,12H,9H2,1H3. The number of alkyl halides is 1. The fourth-order valence-corrected chi connectivity index (χ4v) is 4.08. The maximum atomic E-state index is 6.07. The lowest BCUT2D eigenvalue weighted by atomic mass is 10.1. The molecule has 0 amide bonds. The quantitative estimate of drug-likeness (QED) is 0.523. The Morgan fingerprint density at radius 1 is 1.25 bits per heavy atom. The molecule has 1 nitrogen and oxygen atoms in total. The molecule has 102 valence electrons. The molecule has 2 aromatic carbocycles. The molecule has 0 aliphatic rings. The van der Waals surface area contributed by atoms with E-state index in [4.69, 9.17) is 11.6 Å². The molecule has 0 spiro atoms. The first-order chi connectivity index (χ1) is 9.63. The summed E-state index contributed by atoms with van der Waals surface area (Å²) < 4.78 is 1.24. The highest BCUT2D eigenvalue weighted by atomic mass is 79.9. The minimum absolute atomic E-state index is 0.263. The van der Waals surface area contributed by atoms with Crippen molar-refractivity contribution in [2.45, 2.75) is 18.2 Å². The summed E-state index contributed by atoms with van der Waals surface area (Å²) in [6.07, 6.45) is 0.889. The van der Waals surface area contributed by atoms with E-state index in [1.807, 2.05) is 19.1 Å². The molecular weight excluding hydrogens is 354 g/mol. The Kier molecular flexibility index (Phi) is 4.11. The van der Waals surface area contributed by atoms with Crippen LogP contribution in [0.25, 0.3) is 10.2 Å². The monoisotopic (exact) mass is 365 g/mol. The molecule has 0 saturated carbocycles. The first-order valence-corrected chi connectivity index (χ1v) is 8.49. The van der Waals surface area contributed by atoms with Crippen molar-refractivity contribution >= 4 is 49.1 Å². The number of benzene rings is 2. The molecule has 0 fully saturated rings. The second kappa shape index (κ2) is 5.84. The van der Waals surface area contributed by atoms with Gasteiger partial charge in [0.15, 0.2) is 0 Å². The number of fused-ring (bicyclic) bond motifs is 1. The van der Waals surface area contributed by atoms with Gasteiger partial charge in [0.25, 0.3) is 0 Å². The van der Waals surface area contributed by atoms with Crippen molar-refractivity contribution in [2.75, 3.05) is 0 Å². The molecule has 4 heteroatoms. The fraction of sp³-hybridized carbons (Fsp3) is 0.188. The summed E-state index contributed by atoms with van der Waals surface area (Å²) in [5.74, 6) is 0. The van der Waals surface area contributed by atoms with Gasteiger partial charge in [-0.3, -0.25) is 0 Å². The van der Waals surface area contributed by atoms with E-state index in [-0.39, 0.29) is 4.83 Å². The van der Waals surface area contributed by atoms with Crippen LogP contribution in [0.15, 0.2) is 42.5 Å². The molecule has 1 atom stereocenters. The Labute approximate surface area is 135 Å². The first kappa shape index (κ1) is 14.1. The summed E-state index contributed by atoms with van der Waals surface area (Å²) in [6.45, 7) is 2.03. The van der Waals surface area contributed by atoms with E-state index in [1.165, 1.54) is 10.3 Å². The zero-order chi connectivity index (χ0) is 14.1. The molecular formula is C16H13BrClNS. The van der Waals surface area contributed by atoms with Crippen molar-refractivity contribution in [1.82, 2.24) is 4.98 Å². The average Bonchev–Trinajstić information content (AvgIpc) is 2.83. The second-order valence-electron chi connectivity index (χ2n) is 4.76. The minimum Gasteiger partial charge on any atom is -0.241 e. The molecule has 0 aliphatic carbocycles. The molecule has 0 aliphatic heterocycles. The van der Waals surface area contributed by atoms with Crippen molar-refractivity contribution in [1.29, 1.82) is 0 Å². The highest BCUT2D eigenvalue weighted by Crippen LogP contribution is 2.32. The Morgan fingerprint density at radius 2 is 2.05 bits per heavy atom. The molecule has 1 heterocycles. The summed E-state index contributed by atoms with van der Waals surface area (Å²) in [5, 5.41) is 1.97. The van der Waals surface area contributed by atoms with Gasteiger partial charge in [0.1, 0.15) is 0 Å². The third-order valence-electron chi connectivity index (χ3n) is 3.24. The Hall–Kier alpha value is -0.900. The van der Waals surface area contributed by atoms with Crippen LogP contribution in [0, 0.1) is 6.92 Å². The lowest BCUT2D eigenvalue weighted by Gasteiger charge is -2.10. The molecule has 20 heavy (non-hydrogen) atoms. The van der Waals surface area contributed by atoms with Gasteiger partial charge in [0, 0.05) is 16.3 Å². The Balaban J connectivity index is 1.84. The van der Waals surface area contributed by atoms with Crippen molar-refractivity contribution in [3.05, 3.63) is 63.6 Å². The molecule has 1 unspecified atom stereocenters. The normalized spacial score (nSPS) is 12.8. The van der Waals surface area contributed by atoms with Crippen LogP contribution >= 0.6 is 38.9 Å². The van der Waals surface area contributed by atoms with E-state index >= 15 is 0 Å². The molecule has 3 aromatic rings. The number of hydrogen-bond donors (Lipinski definition) is 0. The molecule has 3 rings (SSSR count). The molecule has 1 aromatic heterocycles. The number of hydrogen-bond acceptors (Lipinski definition) is 2. The zero-order valence-corrected chi connectivity index (χ0v) is 14.1. The summed E-state index contributed by atoms with van der Waals surface area (Å²) in [6, 6.07) is 14.4. The predicted octanol–water partition coefficient (Wildman–Crippen LogP) is 5.94. The molecule has 0 saturated heterocycles. The average molecular weight is 367 g/mol. The summed E-state index contributed by atoms with van der Waals surface area (Å²) in [7, 11) is 0. The zero-order valence-electron chi connectivity index (χ0n) is 10.9. The van der Waals surface area contributed by atoms with E-state index in [2.05, 4.69) is 51.2 Å². The van der Waals surface area contributed by atoms with Crippen molar-refractivity contribution in [3.8, 4) is 0 Å². The van der Waals surface area contributed by atoms with Gasteiger partial charge in [-0.25, -0.2) is 4.98 Å². The van der Waals surface area contributed by atoms with Crippen LogP contribution in [0.1, 0.15) is 21.0 Å². The van der Waals surface area contributed by atoms with Crippen molar-refractivity contribution < 1.29 is 0 Å². The largest absolute Gasteiger partial charge is 0.241 e. The third-order valence-corrected chi connectivity index (χ3v) is 5.57. The highest BCUT2D eigenvalue weighted by molar-refractivity contribution is 9.09. The SMILES string of the molecule is Cc1cc(C(Br)Cc2nc3ccccc3s2)ccc1Cl. The van der Waals surface area contributed by atoms with Gasteiger partial charge in [-0.2, -0.15) is 0 Å². The lowest BCUT2D eigenvalue weighted by Crippen LogP contribution is -1.95. The van der Waals surface area contributed by atoms with Crippen LogP contribution in [0.4, 0.5) is 0 Å². The van der Waals surface area contributed by atoms with E-state index in [0.29, 0.717) is 0 Å². The number of rotatable bonds is 3. The number of aromatic nitrogens is 1. The Bertz CT molecular complexity index is 720.